The molecule has 2 heterocycles. The van der Waals surface area contributed by atoms with Crippen molar-refractivity contribution >= 4 is 38.1 Å². The van der Waals surface area contributed by atoms with Crippen molar-refractivity contribution in [3.63, 3.8) is 0 Å². The van der Waals surface area contributed by atoms with Gasteiger partial charge in [-0.2, -0.15) is 0 Å². The molecule has 2 aromatic heterocycles. The Kier molecular flexibility index (Phi) is 2.92. The van der Waals surface area contributed by atoms with Crippen molar-refractivity contribution in [2.45, 2.75) is 0 Å². The molecule has 0 saturated heterocycles. The summed E-state index contributed by atoms with van der Waals surface area (Å²) in [7, 11) is 1.60. The number of nitrogen functional groups attached to an aromatic ring is 1. The quantitative estimate of drug-likeness (QED) is 0.766. The third-order valence-corrected chi connectivity index (χ3v) is 3.48. The van der Waals surface area contributed by atoms with Crippen molar-refractivity contribution in [2.75, 3.05) is 18.2 Å². The normalized spacial score (nSPS) is 10.6. The van der Waals surface area contributed by atoms with Gasteiger partial charge in [-0.25, -0.2) is 9.97 Å². The van der Waals surface area contributed by atoms with Gasteiger partial charge in [-0.05, 0) is 24.3 Å². The summed E-state index contributed by atoms with van der Waals surface area (Å²) in [5.74, 6) is 0.577. The van der Waals surface area contributed by atoms with Crippen LogP contribution in [0.1, 0.15) is 0 Å². The van der Waals surface area contributed by atoms with E-state index in [2.05, 4.69) is 15.3 Å². The minimum Gasteiger partial charge on any atom is -0.481 e. The fourth-order valence-electron chi connectivity index (χ4n) is 1.79. The fraction of sp³-hybridized carbons (Fsp3) is 0.0769. The van der Waals surface area contributed by atoms with Crippen LogP contribution in [0.5, 0.6) is 5.88 Å². The molecule has 0 spiro atoms. The first-order valence-corrected chi connectivity index (χ1v) is 6.49. The van der Waals surface area contributed by atoms with Gasteiger partial charge in [0.15, 0.2) is 5.13 Å². The zero-order valence-corrected chi connectivity index (χ0v) is 11.1. The highest BCUT2D eigenvalue weighted by molar-refractivity contribution is 7.22. The van der Waals surface area contributed by atoms with E-state index in [1.54, 1.807) is 13.3 Å². The van der Waals surface area contributed by atoms with Gasteiger partial charge in [-0.15, -0.1) is 0 Å². The molecule has 5 nitrogen and oxygen atoms in total. The van der Waals surface area contributed by atoms with Crippen molar-refractivity contribution in [2.24, 2.45) is 0 Å². The first-order valence-electron chi connectivity index (χ1n) is 5.68. The zero-order chi connectivity index (χ0) is 13.2. The van der Waals surface area contributed by atoms with Gasteiger partial charge in [0.25, 0.3) is 0 Å². The van der Waals surface area contributed by atoms with Crippen LogP contribution in [0.15, 0.2) is 36.5 Å². The number of hydrogen-bond donors (Lipinski definition) is 2. The lowest BCUT2D eigenvalue weighted by molar-refractivity contribution is 0.398. The Bertz CT molecular complexity index is 725. The number of nitrogens with two attached hydrogens (primary N) is 1. The summed E-state index contributed by atoms with van der Waals surface area (Å²) in [4.78, 5) is 8.29. The average molecular weight is 272 g/mol. The number of thiazole rings is 1. The van der Waals surface area contributed by atoms with Gasteiger partial charge in [-0.1, -0.05) is 11.3 Å². The van der Waals surface area contributed by atoms with Crippen LogP contribution in [-0.2, 0) is 0 Å². The maximum absolute atomic E-state index is 5.69. The number of rotatable bonds is 3. The van der Waals surface area contributed by atoms with E-state index in [4.69, 9.17) is 10.5 Å². The van der Waals surface area contributed by atoms with E-state index < -0.39 is 0 Å². The number of benzene rings is 1. The second kappa shape index (κ2) is 4.74. The summed E-state index contributed by atoms with van der Waals surface area (Å²) in [6, 6.07) is 9.66. The molecule has 0 radical (unpaired) electrons. The van der Waals surface area contributed by atoms with Crippen molar-refractivity contribution in [1.29, 1.82) is 0 Å². The second-order valence-electron chi connectivity index (χ2n) is 3.95. The van der Waals surface area contributed by atoms with Crippen molar-refractivity contribution < 1.29 is 4.74 Å². The van der Waals surface area contributed by atoms with E-state index in [9.17, 15) is 0 Å². The lowest BCUT2D eigenvalue weighted by Crippen LogP contribution is -1.92. The Labute approximate surface area is 114 Å². The molecule has 6 heteroatoms. The van der Waals surface area contributed by atoms with E-state index in [1.807, 2.05) is 30.3 Å². The molecule has 0 saturated carbocycles. The predicted molar refractivity (Wildman–Crippen MR) is 78.1 cm³/mol. The monoisotopic (exact) mass is 272 g/mol. The molecule has 19 heavy (non-hydrogen) atoms. The lowest BCUT2D eigenvalue weighted by Gasteiger charge is -2.07. The Hall–Kier alpha value is -2.34. The number of hydrogen-bond acceptors (Lipinski definition) is 6. The van der Waals surface area contributed by atoms with Gasteiger partial charge in [-0.3, -0.25) is 0 Å². The molecular formula is C13H12N4OS. The first-order chi connectivity index (χ1) is 9.24. The van der Waals surface area contributed by atoms with Gasteiger partial charge >= 0.3 is 0 Å². The molecule has 0 aliphatic rings. The SMILES string of the molecule is COc1cc(Nc2ccc3nc(N)sc3c2)ccn1. The van der Waals surface area contributed by atoms with E-state index >= 15 is 0 Å². The van der Waals surface area contributed by atoms with Crippen molar-refractivity contribution in [1.82, 2.24) is 9.97 Å². The van der Waals surface area contributed by atoms with Gasteiger partial charge in [0.1, 0.15) is 0 Å². The summed E-state index contributed by atoms with van der Waals surface area (Å²) in [5, 5.41) is 3.88. The molecular weight excluding hydrogens is 260 g/mol. The maximum Gasteiger partial charge on any atom is 0.214 e. The van der Waals surface area contributed by atoms with E-state index in [0.29, 0.717) is 11.0 Å². The molecule has 0 amide bonds. The molecule has 0 fully saturated rings. The Balaban J connectivity index is 1.91. The molecule has 3 aromatic rings. The summed E-state index contributed by atoms with van der Waals surface area (Å²) >= 11 is 1.47. The molecule has 3 N–H and O–H groups in total. The molecule has 1 aromatic carbocycles. The third-order valence-electron chi connectivity index (χ3n) is 2.64. The first kappa shape index (κ1) is 11.7. The van der Waals surface area contributed by atoms with E-state index in [1.165, 1.54) is 11.3 Å². The number of aromatic nitrogens is 2. The largest absolute Gasteiger partial charge is 0.481 e. The number of ether oxygens (including phenoxy) is 1. The second-order valence-corrected chi connectivity index (χ2v) is 5.01. The highest BCUT2D eigenvalue weighted by Gasteiger charge is 2.03. The molecule has 96 valence electrons. The smallest absolute Gasteiger partial charge is 0.214 e. The van der Waals surface area contributed by atoms with Crippen LogP contribution in [0.3, 0.4) is 0 Å². The summed E-state index contributed by atoms with van der Waals surface area (Å²) in [6.07, 6.45) is 1.70. The number of anilines is 3. The topological polar surface area (TPSA) is 73.1 Å². The Morgan fingerprint density at radius 2 is 2.05 bits per heavy atom. The molecule has 0 aliphatic heterocycles. The third kappa shape index (κ3) is 2.43. The van der Waals surface area contributed by atoms with Crippen LogP contribution in [0.4, 0.5) is 16.5 Å². The number of pyridine rings is 1. The fourth-order valence-corrected chi connectivity index (χ4v) is 2.56. The number of fused-ring (bicyclic) bond motifs is 1. The highest BCUT2D eigenvalue weighted by Crippen LogP contribution is 2.28. The maximum atomic E-state index is 5.69. The molecule has 0 bridgehead atoms. The number of methoxy groups -OCH3 is 1. The number of nitrogens with zero attached hydrogens (tertiary/aromatic N) is 2. The zero-order valence-electron chi connectivity index (χ0n) is 10.3. The van der Waals surface area contributed by atoms with E-state index in [0.717, 1.165) is 21.6 Å². The molecule has 0 aliphatic carbocycles. The van der Waals surface area contributed by atoms with Gasteiger partial charge in [0.05, 0.1) is 17.3 Å². The van der Waals surface area contributed by atoms with Crippen LogP contribution < -0.4 is 15.8 Å². The minimum absolute atomic E-state index is 0.577. The Morgan fingerprint density at radius 1 is 1.21 bits per heavy atom. The Morgan fingerprint density at radius 3 is 2.89 bits per heavy atom. The van der Waals surface area contributed by atoms with Crippen LogP contribution in [0, 0.1) is 0 Å². The van der Waals surface area contributed by atoms with Crippen molar-refractivity contribution in [3.05, 3.63) is 36.5 Å². The lowest BCUT2D eigenvalue weighted by atomic mass is 10.3. The van der Waals surface area contributed by atoms with E-state index in [-0.39, 0.29) is 0 Å². The van der Waals surface area contributed by atoms with Crippen molar-refractivity contribution in [3.8, 4) is 5.88 Å². The van der Waals surface area contributed by atoms with Crippen LogP contribution in [0.25, 0.3) is 10.2 Å². The minimum atomic E-state index is 0.577. The van der Waals surface area contributed by atoms with Gasteiger partial charge in [0, 0.05) is 23.6 Å². The van der Waals surface area contributed by atoms with Gasteiger partial charge < -0.3 is 15.8 Å². The number of nitrogens with one attached hydrogen (secondary N) is 1. The summed E-state index contributed by atoms with van der Waals surface area (Å²) in [6.45, 7) is 0. The van der Waals surface area contributed by atoms with Crippen LogP contribution in [0.2, 0.25) is 0 Å². The standard InChI is InChI=1S/C13H12N4OS/c1-18-12-7-9(4-5-15-12)16-8-2-3-10-11(6-8)19-13(14)17-10/h2-7H,1H3,(H2,14,17)(H,15,16). The average Bonchev–Trinajstić information content (AvgIpc) is 2.78. The molecule has 0 unspecified atom stereocenters. The predicted octanol–water partition coefficient (Wildman–Crippen LogP) is 3.03. The molecule has 3 rings (SSSR count). The van der Waals surface area contributed by atoms with Gasteiger partial charge in [0.2, 0.25) is 5.88 Å². The molecule has 0 atom stereocenters. The highest BCUT2D eigenvalue weighted by atomic mass is 32.1. The summed E-state index contributed by atoms with van der Waals surface area (Å²) < 4.78 is 6.15. The van der Waals surface area contributed by atoms with Crippen LogP contribution in [-0.4, -0.2) is 17.1 Å². The van der Waals surface area contributed by atoms with Crippen LogP contribution >= 0.6 is 11.3 Å². The summed E-state index contributed by atoms with van der Waals surface area (Å²) in [5.41, 5.74) is 8.51.